The second-order valence-electron chi connectivity index (χ2n) is 9.82. The highest BCUT2D eigenvalue weighted by molar-refractivity contribution is 5.92. The van der Waals surface area contributed by atoms with Gasteiger partial charge >= 0.3 is 6.61 Å². The summed E-state index contributed by atoms with van der Waals surface area (Å²) in [5.74, 6) is -3.75. The third kappa shape index (κ3) is 9.42. The van der Waals surface area contributed by atoms with Crippen LogP contribution in [-0.2, 0) is 16.0 Å². The smallest absolute Gasteiger partial charge is 0.387 e. The zero-order valence-electron chi connectivity index (χ0n) is 21.8. The molecule has 1 fully saturated rings. The van der Waals surface area contributed by atoms with Crippen LogP contribution in [0.2, 0.25) is 0 Å². The fourth-order valence-corrected chi connectivity index (χ4v) is 4.96. The van der Waals surface area contributed by atoms with E-state index in [1.54, 1.807) is 7.11 Å². The van der Waals surface area contributed by atoms with Crippen LogP contribution in [0.25, 0.3) is 0 Å². The lowest BCUT2D eigenvalue weighted by molar-refractivity contribution is -0.132. The van der Waals surface area contributed by atoms with E-state index in [1.165, 1.54) is 29.8 Å². The summed E-state index contributed by atoms with van der Waals surface area (Å²) in [5.41, 5.74) is 7.59. The summed E-state index contributed by atoms with van der Waals surface area (Å²) in [7, 11) is 1.68. The molecule has 0 spiro atoms. The summed E-state index contributed by atoms with van der Waals surface area (Å²) in [6.07, 6.45) is 2.29. The van der Waals surface area contributed by atoms with Gasteiger partial charge in [-0.2, -0.15) is 8.78 Å². The molecule has 1 saturated carbocycles. The Kier molecular flexibility index (Phi) is 11.0. The third-order valence-electron chi connectivity index (χ3n) is 6.94. The van der Waals surface area contributed by atoms with E-state index in [0.29, 0.717) is 31.9 Å². The highest BCUT2D eigenvalue weighted by atomic mass is 19.3. The largest absolute Gasteiger partial charge is 0.435 e. The average molecular weight is 554 g/mol. The van der Waals surface area contributed by atoms with Crippen molar-refractivity contribution >= 4 is 17.5 Å². The Labute approximate surface area is 225 Å². The summed E-state index contributed by atoms with van der Waals surface area (Å²) in [6.45, 7) is -1.75. The molecule has 39 heavy (non-hydrogen) atoms. The van der Waals surface area contributed by atoms with Gasteiger partial charge < -0.3 is 25.8 Å². The van der Waals surface area contributed by atoms with Crippen LogP contribution in [0.3, 0.4) is 0 Å². The first-order valence-electron chi connectivity index (χ1n) is 12.9. The van der Waals surface area contributed by atoms with Gasteiger partial charge in [0.15, 0.2) is 0 Å². The maximum absolute atomic E-state index is 13.5. The van der Waals surface area contributed by atoms with Crippen molar-refractivity contribution in [3.63, 3.8) is 0 Å². The van der Waals surface area contributed by atoms with Gasteiger partial charge in [0.05, 0.1) is 12.6 Å². The normalized spacial score (nSPS) is 21.5. The molecule has 4 rings (SSSR count). The zero-order valence-corrected chi connectivity index (χ0v) is 21.8. The van der Waals surface area contributed by atoms with Crippen LogP contribution in [0.1, 0.15) is 48.0 Å². The van der Waals surface area contributed by atoms with Gasteiger partial charge in [-0.25, -0.2) is 8.78 Å². The van der Waals surface area contributed by atoms with Crippen LogP contribution >= 0.6 is 0 Å². The molecule has 4 N–H and O–H groups in total. The van der Waals surface area contributed by atoms with Crippen molar-refractivity contribution in [1.29, 1.82) is 0 Å². The zero-order chi connectivity index (χ0) is 28.4. The monoisotopic (exact) mass is 553 g/mol. The minimum absolute atomic E-state index is 0.000000000000000444. The summed E-state index contributed by atoms with van der Waals surface area (Å²) < 4.78 is 59.7. The number of nitrogens with one attached hydrogen (secondary N) is 2. The summed E-state index contributed by atoms with van der Waals surface area (Å²) in [4.78, 5) is 22.8. The number of primary amides is 1. The number of hydrogen-bond acceptors (Lipinski definition) is 5. The number of anilines is 1. The van der Waals surface area contributed by atoms with Crippen molar-refractivity contribution < 1.29 is 36.6 Å². The number of carbonyl (C=O) groups excluding carboxylic acids is 2. The molecule has 2 aromatic carbocycles. The third-order valence-corrected chi connectivity index (χ3v) is 6.94. The van der Waals surface area contributed by atoms with Crippen LogP contribution in [0, 0.1) is 11.8 Å². The van der Waals surface area contributed by atoms with E-state index >= 15 is 0 Å². The molecule has 0 aromatic heterocycles. The quantitative estimate of drug-likeness (QED) is 0.379. The lowest BCUT2D eigenvalue weighted by atomic mass is 9.84. The molecule has 0 unspecified atom stereocenters. The predicted molar refractivity (Wildman–Crippen MR) is 139 cm³/mol. The second-order valence-corrected chi connectivity index (χ2v) is 9.82. The number of alkyl halides is 4. The van der Waals surface area contributed by atoms with Gasteiger partial charge in [0, 0.05) is 43.7 Å². The highest BCUT2D eigenvalue weighted by Crippen LogP contribution is 2.36. The van der Waals surface area contributed by atoms with E-state index in [-0.39, 0.29) is 36.1 Å². The molecular formula is C28H35F4N3O4. The lowest BCUT2D eigenvalue weighted by Gasteiger charge is -2.34. The van der Waals surface area contributed by atoms with Crippen molar-refractivity contribution in [2.45, 2.75) is 57.1 Å². The number of amides is 2. The Balaban J connectivity index is 0.000000272. The SMILES string of the molecule is COC[C@@H]1Nc2ccccc2C[C@@H]1CCNC(=O)[C@@H]1CCCC(F)(F)C1.NC(=O)c1ccc(OC(F)F)cc1. The molecular weight excluding hydrogens is 518 g/mol. The van der Waals surface area contributed by atoms with E-state index in [1.807, 2.05) is 12.1 Å². The fourth-order valence-electron chi connectivity index (χ4n) is 4.96. The van der Waals surface area contributed by atoms with Crippen molar-refractivity contribution in [2.75, 3.05) is 25.6 Å². The van der Waals surface area contributed by atoms with Gasteiger partial charge in [0.2, 0.25) is 17.7 Å². The Morgan fingerprint density at radius 1 is 1.15 bits per heavy atom. The molecule has 1 heterocycles. The van der Waals surface area contributed by atoms with Crippen molar-refractivity contribution in [3.05, 3.63) is 59.7 Å². The van der Waals surface area contributed by atoms with Crippen LogP contribution in [0.15, 0.2) is 48.5 Å². The molecule has 2 aromatic rings. The Morgan fingerprint density at radius 3 is 2.51 bits per heavy atom. The number of benzene rings is 2. The minimum atomic E-state index is -2.86. The maximum atomic E-state index is 13.5. The Bertz CT molecular complexity index is 1080. The van der Waals surface area contributed by atoms with E-state index < -0.39 is 24.4 Å². The van der Waals surface area contributed by atoms with Gasteiger partial charge in [0.1, 0.15) is 5.75 Å². The second kappa shape index (κ2) is 14.2. The molecule has 2 amide bonds. The van der Waals surface area contributed by atoms with E-state index in [0.717, 1.165) is 18.5 Å². The number of methoxy groups -OCH3 is 1. The van der Waals surface area contributed by atoms with Gasteiger partial charge in [0.25, 0.3) is 0 Å². The number of nitrogens with two attached hydrogens (primary N) is 1. The standard InChI is InChI=1S/C20H28F2N2O2.C8H7F2NO2/c1-26-13-18-15(11-14-5-2-3-7-17(14)24-18)8-10-23-19(25)16-6-4-9-20(21,22)12-16;9-8(10)13-6-3-1-5(2-4-6)7(11)12/h2-3,5,7,15-16,18,24H,4,6,8-13H2,1H3,(H,23,25);1-4,8H,(H2,11,12)/t15-,16+,18-;/m0./s1. The summed E-state index contributed by atoms with van der Waals surface area (Å²) in [6, 6.07) is 13.6. The summed E-state index contributed by atoms with van der Waals surface area (Å²) in [5, 5.41) is 6.41. The highest BCUT2D eigenvalue weighted by Gasteiger charge is 2.39. The average Bonchev–Trinajstić information content (AvgIpc) is 2.89. The van der Waals surface area contributed by atoms with Crippen LogP contribution < -0.4 is 21.1 Å². The topological polar surface area (TPSA) is 103 Å². The number of ether oxygens (including phenoxy) is 2. The molecule has 214 valence electrons. The first-order valence-corrected chi connectivity index (χ1v) is 12.9. The van der Waals surface area contributed by atoms with Gasteiger partial charge in [-0.05, 0) is 67.5 Å². The lowest BCUT2D eigenvalue weighted by Crippen LogP contribution is -2.42. The van der Waals surface area contributed by atoms with Crippen LogP contribution in [0.4, 0.5) is 23.2 Å². The summed E-state index contributed by atoms with van der Waals surface area (Å²) >= 11 is 0. The van der Waals surface area contributed by atoms with Gasteiger partial charge in [-0.15, -0.1) is 0 Å². The Morgan fingerprint density at radius 2 is 1.87 bits per heavy atom. The fraction of sp³-hybridized carbons (Fsp3) is 0.500. The molecule has 0 bridgehead atoms. The number of rotatable bonds is 9. The van der Waals surface area contributed by atoms with Crippen LogP contribution in [0.5, 0.6) is 5.75 Å². The van der Waals surface area contributed by atoms with Gasteiger partial charge in [-0.1, -0.05) is 18.2 Å². The van der Waals surface area contributed by atoms with Crippen molar-refractivity contribution in [3.8, 4) is 5.75 Å². The van der Waals surface area contributed by atoms with Crippen molar-refractivity contribution in [1.82, 2.24) is 5.32 Å². The number of para-hydroxylation sites is 1. The molecule has 0 saturated heterocycles. The molecule has 3 atom stereocenters. The number of halogens is 4. The van der Waals surface area contributed by atoms with Crippen LogP contribution in [-0.4, -0.2) is 50.7 Å². The number of fused-ring (bicyclic) bond motifs is 1. The first-order chi connectivity index (χ1) is 18.6. The van der Waals surface area contributed by atoms with E-state index in [9.17, 15) is 27.2 Å². The maximum Gasteiger partial charge on any atom is 0.387 e. The first kappa shape index (κ1) is 30.2. The van der Waals surface area contributed by atoms with Gasteiger partial charge in [-0.3, -0.25) is 9.59 Å². The number of hydrogen-bond donors (Lipinski definition) is 3. The molecule has 2 aliphatic rings. The molecule has 0 radical (unpaired) electrons. The minimum Gasteiger partial charge on any atom is -0.435 e. The number of carbonyl (C=O) groups is 2. The molecule has 11 heteroatoms. The molecule has 1 aliphatic heterocycles. The Hall–Kier alpha value is -3.34. The van der Waals surface area contributed by atoms with E-state index in [4.69, 9.17) is 10.5 Å². The molecule has 7 nitrogen and oxygen atoms in total. The van der Waals surface area contributed by atoms with Crippen molar-refractivity contribution in [2.24, 2.45) is 17.6 Å². The molecule has 1 aliphatic carbocycles. The predicted octanol–water partition coefficient (Wildman–Crippen LogP) is 5.00. The van der Waals surface area contributed by atoms with E-state index in [2.05, 4.69) is 27.5 Å².